The predicted molar refractivity (Wildman–Crippen MR) is 59.9 cm³/mol. The first-order valence-corrected chi connectivity index (χ1v) is 5.42. The minimum absolute atomic E-state index is 0.150. The van der Waals surface area contributed by atoms with Crippen LogP contribution in [0.3, 0.4) is 0 Å². The lowest BCUT2D eigenvalue weighted by Gasteiger charge is -2.37. The lowest BCUT2D eigenvalue weighted by atomic mass is 9.86. The van der Waals surface area contributed by atoms with Crippen molar-refractivity contribution in [3.63, 3.8) is 0 Å². The molecule has 1 heterocycles. The van der Waals surface area contributed by atoms with Gasteiger partial charge < -0.3 is 5.32 Å². The highest BCUT2D eigenvalue weighted by Crippen LogP contribution is 2.29. The molecule has 1 aromatic carbocycles. The average molecular weight is 206 g/mol. The topological polar surface area (TPSA) is 12.0 Å². The van der Waals surface area contributed by atoms with Crippen molar-refractivity contribution < 1.29 is 4.39 Å². The number of halogens is 1. The van der Waals surface area contributed by atoms with Crippen LogP contribution >= 0.6 is 0 Å². The smallest absolute Gasteiger partial charge is 0.123 e. The minimum atomic E-state index is -0.169. The van der Waals surface area contributed by atoms with E-state index in [1.54, 1.807) is 0 Å². The standard InChI is InChI=1S/C13H17FN/c1-13(2)9-3-4-12(15-13)10-5-7-11(14)8-6-10/h3,5-8,12,15H,4,9H2,1-2H3. The summed E-state index contributed by atoms with van der Waals surface area (Å²) >= 11 is 0. The van der Waals surface area contributed by atoms with Crippen LogP contribution in [-0.4, -0.2) is 5.54 Å². The molecular formula is C13H17FN. The van der Waals surface area contributed by atoms with Crippen LogP contribution in [0.1, 0.15) is 38.3 Å². The van der Waals surface area contributed by atoms with Crippen LogP contribution < -0.4 is 5.32 Å². The van der Waals surface area contributed by atoms with E-state index in [-0.39, 0.29) is 11.4 Å². The fourth-order valence-electron chi connectivity index (χ4n) is 2.11. The molecule has 0 saturated carbocycles. The largest absolute Gasteiger partial charge is 0.305 e. The second kappa shape index (κ2) is 3.93. The van der Waals surface area contributed by atoms with Crippen LogP contribution in [0.5, 0.6) is 0 Å². The Morgan fingerprint density at radius 3 is 2.53 bits per heavy atom. The van der Waals surface area contributed by atoms with Crippen LogP contribution in [0.25, 0.3) is 0 Å². The molecule has 1 nitrogen and oxygen atoms in total. The van der Waals surface area contributed by atoms with E-state index < -0.39 is 0 Å². The second-order valence-electron chi connectivity index (χ2n) is 4.86. The first-order valence-electron chi connectivity index (χ1n) is 5.42. The quantitative estimate of drug-likeness (QED) is 0.743. The molecule has 1 atom stereocenters. The molecule has 81 valence electrons. The van der Waals surface area contributed by atoms with Gasteiger partial charge in [0.2, 0.25) is 0 Å². The minimum Gasteiger partial charge on any atom is -0.305 e. The summed E-state index contributed by atoms with van der Waals surface area (Å²) in [4.78, 5) is 0. The summed E-state index contributed by atoms with van der Waals surface area (Å²) in [5, 5.41) is 3.57. The molecule has 2 heteroatoms. The Morgan fingerprint density at radius 2 is 1.93 bits per heavy atom. The van der Waals surface area contributed by atoms with Crippen molar-refractivity contribution in [1.29, 1.82) is 0 Å². The fourth-order valence-corrected chi connectivity index (χ4v) is 2.11. The monoisotopic (exact) mass is 206 g/mol. The number of piperidine rings is 1. The highest BCUT2D eigenvalue weighted by Gasteiger charge is 2.27. The Kier molecular flexibility index (Phi) is 2.79. The van der Waals surface area contributed by atoms with Gasteiger partial charge >= 0.3 is 0 Å². The maximum atomic E-state index is 12.8. The highest BCUT2D eigenvalue weighted by molar-refractivity contribution is 5.22. The second-order valence-corrected chi connectivity index (χ2v) is 4.86. The maximum Gasteiger partial charge on any atom is 0.123 e. The van der Waals surface area contributed by atoms with Gasteiger partial charge in [0.25, 0.3) is 0 Å². The molecule has 0 aliphatic carbocycles. The third kappa shape index (κ3) is 2.57. The first-order chi connectivity index (χ1) is 7.07. The van der Waals surface area contributed by atoms with E-state index in [1.165, 1.54) is 17.7 Å². The van der Waals surface area contributed by atoms with Crippen LogP contribution in [0.15, 0.2) is 24.3 Å². The molecular weight excluding hydrogens is 189 g/mol. The molecule has 0 bridgehead atoms. The van der Waals surface area contributed by atoms with E-state index in [2.05, 4.69) is 25.6 Å². The van der Waals surface area contributed by atoms with Crippen molar-refractivity contribution in [2.45, 2.75) is 38.3 Å². The van der Waals surface area contributed by atoms with Gasteiger partial charge in [-0.3, -0.25) is 0 Å². The highest BCUT2D eigenvalue weighted by atomic mass is 19.1. The van der Waals surface area contributed by atoms with Crippen molar-refractivity contribution in [3.05, 3.63) is 42.1 Å². The first kappa shape index (κ1) is 10.6. The van der Waals surface area contributed by atoms with Crippen molar-refractivity contribution in [3.8, 4) is 0 Å². The summed E-state index contributed by atoms with van der Waals surface area (Å²) in [6, 6.07) is 7.11. The predicted octanol–water partition coefficient (Wildman–Crippen LogP) is 3.23. The van der Waals surface area contributed by atoms with Crippen molar-refractivity contribution in [2.75, 3.05) is 0 Å². The van der Waals surface area contributed by atoms with Gasteiger partial charge in [0.15, 0.2) is 0 Å². The molecule has 0 aromatic heterocycles. The molecule has 1 saturated heterocycles. The van der Waals surface area contributed by atoms with Gasteiger partial charge in [0.05, 0.1) is 0 Å². The van der Waals surface area contributed by atoms with Gasteiger partial charge in [-0.2, -0.15) is 0 Å². The summed E-state index contributed by atoms with van der Waals surface area (Å²) in [6.45, 7) is 4.39. The summed E-state index contributed by atoms with van der Waals surface area (Å²) in [5.74, 6) is -0.169. The summed E-state index contributed by atoms with van der Waals surface area (Å²) < 4.78 is 12.8. The molecule has 0 amide bonds. The van der Waals surface area contributed by atoms with Gasteiger partial charge in [-0.15, -0.1) is 0 Å². The third-order valence-corrected chi connectivity index (χ3v) is 2.89. The molecule has 0 spiro atoms. The van der Waals surface area contributed by atoms with E-state index in [1.807, 2.05) is 12.1 Å². The van der Waals surface area contributed by atoms with E-state index in [4.69, 9.17) is 0 Å². The van der Waals surface area contributed by atoms with E-state index in [0.29, 0.717) is 6.04 Å². The van der Waals surface area contributed by atoms with Gasteiger partial charge in [-0.05, 0) is 50.8 Å². The molecule has 1 aliphatic rings. The normalized spacial score (nSPS) is 25.1. The van der Waals surface area contributed by atoms with Crippen LogP contribution in [0, 0.1) is 12.2 Å². The number of hydrogen-bond donors (Lipinski definition) is 1. The molecule has 1 fully saturated rings. The van der Waals surface area contributed by atoms with Gasteiger partial charge in [0, 0.05) is 11.6 Å². The summed E-state index contributed by atoms with van der Waals surface area (Å²) in [5.41, 5.74) is 1.32. The van der Waals surface area contributed by atoms with Gasteiger partial charge in [-0.25, -0.2) is 4.39 Å². The Morgan fingerprint density at radius 1 is 1.27 bits per heavy atom. The fraction of sp³-hybridized carbons (Fsp3) is 0.462. The van der Waals surface area contributed by atoms with Crippen LogP contribution in [0.2, 0.25) is 0 Å². The molecule has 1 aliphatic heterocycles. The maximum absolute atomic E-state index is 12.8. The molecule has 1 radical (unpaired) electrons. The molecule has 1 aromatic rings. The SMILES string of the molecule is CC1(C)C[CH]CC(c2ccc(F)cc2)N1. The Balaban J connectivity index is 2.13. The van der Waals surface area contributed by atoms with Crippen LogP contribution in [0.4, 0.5) is 4.39 Å². The van der Waals surface area contributed by atoms with Gasteiger partial charge in [0.1, 0.15) is 5.82 Å². The molecule has 15 heavy (non-hydrogen) atoms. The van der Waals surface area contributed by atoms with E-state index in [0.717, 1.165) is 12.8 Å². The number of hydrogen-bond acceptors (Lipinski definition) is 1. The van der Waals surface area contributed by atoms with E-state index >= 15 is 0 Å². The Hall–Kier alpha value is -0.890. The lowest BCUT2D eigenvalue weighted by Crippen LogP contribution is -2.45. The molecule has 2 rings (SSSR count). The van der Waals surface area contributed by atoms with Crippen molar-refractivity contribution in [2.24, 2.45) is 0 Å². The van der Waals surface area contributed by atoms with Crippen molar-refractivity contribution in [1.82, 2.24) is 5.32 Å². The summed E-state index contributed by atoms with van der Waals surface area (Å²) in [6.07, 6.45) is 4.42. The summed E-state index contributed by atoms with van der Waals surface area (Å²) in [7, 11) is 0. The van der Waals surface area contributed by atoms with Crippen molar-refractivity contribution >= 4 is 0 Å². The number of benzene rings is 1. The third-order valence-electron chi connectivity index (χ3n) is 2.89. The number of rotatable bonds is 1. The molecule has 1 N–H and O–H groups in total. The van der Waals surface area contributed by atoms with Crippen LogP contribution in [-0.2, 0) is 0 Å². The Labute approximate surface area is 90.7 Å². The Bertz CT molecular complexity index is 329. The molecule has 1 unspecified atom stereocenters. The van der Waals surface area contributed by atoms with Gasteiger partial charge in [-0.1, -0.05) is 12.1 Å². The average Bonchev–Trinajstić information content (AvgIpc) is 2.17. The van der Waals surface area contributed by atoms with E-state index in [9.17, 15) is 4.39 Å². The zero-order valence-electron chi connectivity index (χ0n) is 9.26. The zero-order valence-corrected chi connectivity index (χ0v) is 9.26. The number of nitrogens with one attached hydrogen (secondary N) is 1. The zero-order chi connectivity index (χ0) is 10.9. The lowest BCUT2D eigenvalue weighted by molar-refractivity contribution is 0.287.